The third-order valence-corrected chi connectivity index (χ3v) is 3.45. The summed E-state index contributed by atoms with van der Waals surface area (Å²) in [6.07, 6.45) is 11.2. The molecule has 2 nitrogen and oxygen atoms in total. The van der Waals surface area contributed by atoms with Crippen molar-refractivity contribution in [2.75, 3.05) is 6.61 Å². The molecule has 2 N–H and O–H groups in total. The molecule has 0 spiro atoms. The Labute approximate surface area is 86.5 Å². The molecule has 1 saturated carbocycles. The minimum absolute atomic E-state index is 0.176. The molecule has 80 valence electrons. The number of hydrogen-bond donors (Lipinski definition) is 1. The molecule has 2 aliphatic rings. The number of allylic oxidation sites excluding steroid dienone is 1. The number of hydrogen-bond acceptors (Lipinski definition) is 2. The van der Waals surface area contributed by atoms with Crippen molar-refractivity contribution in [3.63, 3.8) is 0 Å². The standard InChI is InChI=1S/C12H21NO/c13-12(10-6-2-1-3-7-10)11-8-4-5-9-14-11/h8,10,12H,1-7,9,13H2. The highest BCUT2D eigenvalue weighted by Crippen LogP contribution is 2.29. The molecule has 0 amide bonds. The largest absolute Gasteiger partial charge is 0.497 e. The smallest absolute Gasteiger partial charge is 0.109 e. The first-order valence-corrected chi connectivity index (χ1v) is 5.96. The molecule has 0 aromatic rings. The van der Waals surface area contributed by atoms with E-state index in [9.17, 15) is 0 Å². The summed E-state index contributed by atoms with van der Waals surface area (Å²) in [5, 5.41) is 0. The molecule has 1 unspecified atom stereocenters. The molecule has 2 rings (SSSR count). The van der Waals surface area contributed by atoms with E-state index in [2.05, 4.69) is 6.08 Å². The first kappa shape index (κ1) is 10.0. The second-order valence-electron chi connectivity index (χ2n) is 4.52. The lowest BCUT2D eigenvalue weighted by atomic mass is 9.83. The maximum atomic E-state index is 6.23. The molecule has 1 heterocycles. The van der Waals surface area contributed by atoms with E-state index in [4.69, 9.17) is 10.5 Å². The van der Waals surface area contributed by atoms with Gasteiger partial charge in [0.15, 0.2) is 0 Å². The Balaban J connectivity index is 1.91. The van der Waals surface area contributed by atoms with Crippen molar-refractivity contribution >= 4 is 0 Å². The number of ether oxygens (including phenoxy) is 1. The molecular weight excluding hydrogens is 174 g/mol. The Morgan fingerprint density at radius 2 is 2.00 bits per heavy atom. The Morgan fingerprint density at radius 3 is 2.64 bits per heavy atom. The Hall–Kier alpha value is -0.500. The van der Waals surface area contributed by atoms with Gasteiger partial charge in [-0.1, -0.05) is 19.3 Å². The van der Waals surface area contributed by atoms with Crippen LogP contribution in [0.1, 0.15) is 44.9 Å². The van der Waals surface area contributed by atoms with Crippen molar-refractivity contribution in [2.24, 2.45) is 11.7 Å². The maximum absolute atomic E-state index is 6.23. The van der Waals surface area contributed by atoms with Crippen LogP contribution < -0.4 is 5.73 Å². The van der Waals surface area contributed by atoms with E-state index < -0.39 is 0 Å². The van der Waals surface area contributed by atoms with Crippen LogP contribution in [0.2, 0.25) is 0 Å². The highest BCUT2D eigenvalue weighted by Gasteiger charge is 2.25. The summed E-state index contributed by atoms with van der Waals surface area (Å²) in [4.78, 5) is 0. The van der Waals surface area contributed by atoms with Gasteiger partial charge in [0, 0.05) is 0 Å². The van der Waals surface area contributed by atoms with Gasteiger partial charge >= 0.3 is 0 Å². The van der Waals surface area contributed by atoms with Crippen LogP contribution in [0, 0.1) is 5.92 Å². The summed E-state index contributed by atoms with van der Waals surface area (Å²) in [5.41, 5.74) is 6.23. The normalized spacial score (nSPS) is 26.5. The second-order valence-corrected chi connectivity index (χ2v) is 4.52. The van der Waals surface area contributed by atoms with E-state index in [-0.39, 0.29) is 6.04 Å². The molecule has 0 aromatic heterocycles. The molecule has 1 fully saturated rings. The third kappa shape index (κ3) is 2.30. The van der Waals surface area contributed by atoms with Crippen LogP contribution in [-0.2, 0) is 4.74 Å². The molecular formula is C12H21NO. The fraction of sp³-hybridized carbons (Fsp3) is 0.833. The highest BCUT2D eigenvalue weighted by atomic mass is 16.5. The zero-order valence-corrected chi connectivity index (χ0v) is 8.87. The van der Waals surface area contributed by atoms with Gasteiger partial charge < -0.3 is 10.5 Å². The molecule has 1 aliphatic carbocycles. The first-order valence-electron chi connectivity index (χ1n) is 5.96. The summed E-state index contributed by atoms with van der Waals surface area (Å²) in [5.74, 6) is 1.75. The van der Waals surface area contributed by atoms with Gasteiger partial charge in [0.2, 0.25) is 0 Å². The average molecular weight is 195 g/mol. The Kier molecular flexibility index (Phi) is 3.46. The summed E-state index contributed by atoms with van der Waals surface area (Å²) in [6.45, 7) is 0.867. The van der Waals surface area contributed by atoms with Crippen molar-refractivity contribution in [1.29, 1.82) is 0 Å². The molecule has 1 aliphatic heterocycles. The monoisotopic (exact) mass is 195 g/mol. The van der Waals surface area contributed by atoms with E-state index in [1.165, 1.54) is 32.1 Å². The lowest BCUT2D eigenvalue weighted by molar-refractivity contribution is 0.152. The lowest BCUT2D eigenvalue weighted by Crippen LogP contribution is -2.35. The van der Waals surface area contributed by atoms with Crippen LogP contribution in [-0.4, -0.2) is 12.6 Å². The van der Waals surface area contributed by atoms with E-state index in [1.54, 1.807) is 0 Å². The summed E-state index contributed by atoms with van der Waals surface area (Å²) >= 11 is 0. The summed E-state index contributed by atoms with van der Waals surface area (Å²) in [6, 6.07) is 0.176. The van der Waals surface area contributed by atoms with Crippen molar-refractivity contribution in [3.05, 3.63) is 11.8 Å². The van der Waals surface area contributed by atoms with Gasteiger partial charge in [-0.3, -0.25) is 0 Å². The van der Waals surface area contributed by atoms with Crippen LogP contribution in [0.3, 0.4) is 0 Å². The van der Waals surface area contributed by atoms with Gasteiger partial charge in [0.1, 0.15) is 5.76 Å². The predicted octanol–water partition coefficient (Wildman–Crippen LogP) is 2.59. The zero-order valence-electron chi connectivity index (χ0n) is 8.87. The third-order valence-electron chi connectivity index (χ3n) is 3.45. The average Bonchev–Trinajstić information content (AvgIpc) is 2.30. The first-order chi connectivity index (χ1) is 6.88. The van der Waals surface area contributed by atoms with Crippen molar-refractivity contribution in [2.45, 2.75) is 51.0 Å². The van der Waals surface area contributed by atoms with E-state index in [0.717, 1.165) is 25.2 Å². The highest BCUT2D eigenvalue weighted by molar-refractivity contribution is 5.06. The molecule has 0 radical (unpaired) electrons. The minimum Gasteiger partial charge on any atom is -0.497 e. The Morgan fingerprint density at radius 1 is 1.21 bits per heavy atom. The van der Waals surface area contributed by atoms with Gasteiger partial charge in [-0.25, -0.2) is 0 Å². The van der Waals surface area contributed by atoms with E-state index in [1.807, 2.05) is 0 Å². The topological polar surface area (TPSA) is 35.2 Å². The van der Waals surface area contributed by atoms with Crippen LogP contribution in [0.25, 0.3) is 0 Å². The van der Waals surface area contributed by atoms with E-state index >= 15 is 0 Å². The quantitative estimate of drug-likeness (QED) is 0.735. The molecule has 0 bridgehead atoms. The van der Waals surface area contributed by atoms with Gasteiger partial charge in [-0.2, -0.15) is 0 Å². The zero-order chi connectivity index (χ0) is 9.80. The summed E-state index contributed by atoms with van der Waals surface area (Å²) in [7, 11) is 0. The summed E-state index contributed by atoms with van der Waals surface area (Å²) < 4.78 is 5.63. The van der Waals surface area contributed by atoms with Gasteiger partial charge in [-0.05, 0) is 37.7 Å². The fourth-order valence-electron chi connectivity index (χ4n) is 2.53. The van der Waals surface area contributed by atoms with Crippen molar-refractivity contribution in [3.8, 4) is 0 Å². The fourth-order valence-corrected chi connectivity index (χ4v) is 2.53. The maximum Gasteiger partial charge on any atom is 0.109 e. The van der Waals surface area contributed by atoms with E-state index in [0.29, 0.717) is 5.92 Å². The van der Waals surface area contributed by atoms with Crippen molar-refractivity contribution < 1.29 is 4.74 Å². The lowest BCUT2D eigenvalue weighted by Gasteiger charge is -2.30. The van der Waals surface area contributed by atoms with Gasteiger partial charge in [-0.15, -0.1) is 0 Å². The minimum atomic E-state index is 0.176. The second kappa shape index (κ2) is 4.83. The van der Waals surface area contributed by atoms with Crippen molar-refractivity contribution in [1.82, 2.24) is 0 Å². The van der Waals surface area contributed by atoms with Gasteiger partial charge in [0.05, 0.1) is 12.6 Å². The Bertz CT molecular complexity index is 206. The number of rotatable bonds is 2. The molecule has 2 heteroatoms. The van der Waals surface area contributed by atoms with Crippen LogP contribution in [0.15, 0.2) is 11.8 Å². The van der Waals surface area contributed by atoms with Gasteiger partial charge in [0.25, 0.3) is 0 Å². The molecule has 0 aromatic carbocycles. The van der Waals surface area contributed by atoms with Crippen LogP contribution >= 0.6 is 0 Å². The molecule has 0 saturated heterocycles. The molecule has 14 heavy (non-hydrogen) atoms. The number of nitrogens with two attached hydrogens (primary N) is 1. The molecule has 1 atom stereocenters. The van der Waals surface area contributed by atoms with Crippen LogP contribution in [0.5, 0.6) is 0 Å². The predicted molar refractivity (Wildman–Crippen MR) is 57.8 cm³/mol. The van der Waals surface area contributed by atoms with Crippen LogP contribution in [0.4, 0.5) is 0 Å². The SMILES string of the molecule is NC(C1=CCCCO1)C1CCCCC1.